The number of anilines is 1. The lowest BCUT2D eigenvalue weighted by Gasteiger charge is -2.39. The molecule has 33 heavy (non-hydrogen) atoms. The van der Waals surface area contributed by atoms with Crippen molar-refractivity contribution in [1.29, 1.82) is 0 Å². The first-order valence-electron chi connectivity index (χ1n) is 11.2. The van der Waals surface area contributed by atoms with Crippen LogP contribution in [0.15, 0.2) is 36.9 Å². The summed E-state index contributed by atoms with van der Waals surface area (Å²) in [5, 5.41) is 19.9. The van der Waals surface area contributed by atoms with Gasteiger partial charge in [0.2, 0.25) is 5.91 Å². The van der Waals surface area contributed by atoms with Gasteiger partial charge in [0.1, 0.15) is 17.4 Å². The molecule has 1 spiro atoms. The minimum absolute atomic E-state index is 0.187. The maximum Gasteiger partial charge on any atom is 0.310 e. The summed E-state index contributed by atoms with van der Waals surface area (Å²) in [4.78, 5) is 42.7. The molecule has 0 aliphatic carbocycles. The van der Waals surface area contributed by atoms with Gasteiger partial charge in [-0.25, -0.2) is 0 Å². The fourth-order valence-electron chi connectivity index (χ4n) is 5.82. The van der Waals surface area contributed by atoms with Gasteiger partial charge in [-0.1, -0.05) is 13.0 Å². The van der Waals surface area contributed by atoms with E-state index in [-0.39, 0.29) is 19.1 Å². The van der Waals surface area contributed by atoms with Gasteiger partial charge in [0.05, 0.1) is 37.7 Å². The van der Waals surface area contributed by atoms with E-state index >= 15 is 0 Å². The van der Waals surface area contributed by atoms with Crippen LogP contribution in [0.5, 0.6) is 5.75 Å². The van der Waals surface area contributed by atoms with E-state index in [0.29, 0.717) is 30.7 Å². The smallest absolute Gasteiger partial charge is 0.310 e. The van der Waals surface area contributed by atoms with Gasteiger partial charge in [0, 0.05) is 12.2 Å². The number of benzene rings is 1. The molecule has 3 aliphatic heterocycles. The second-order valence-electron chi connectivity index (χ2n) is 8.82. The lowest BCUT2D eigenvalue weighted by molar-refractivity contribution is -0.151. The zero-order valence-electron chi connectivity index (χ0n) is 18.8. The van der Waals surface area contributed by atoms with Crippen molar-refractivity contribution in [2.45, 2.75) is 50.0 Å². The normalized spacial score (nSPS) is 30.8. The number of hydrogen-bond acceptors (Lipinski definition) is 6. The number of aliphatic hydroxyl groups is 1. The number of aliphatic carboxylic acids is 1. The van der Waals surface area contributed by atoms with E-state index in [1.807, 2.05) is 6.92 Å². The van der Waals surface area contributed by atoms with Crippen molar-refractivity contribution in [1.82, 2.24) is 4.90 Å². The molecule has 178 valence electrons. The summed E-state index contributed by atoms with van der Waals surface area (Å²) in [6, 6.07) is 5.30. The zero-order valence-corrected chi connectivity index (χ0v) is 18.8. The van der Waals surface area contributed by atoms with E-state index in [9.17, 15) is 24.6 Å². The van der Waals surface area contributed by atoms with E-state index in [1.165, 1.54) is 9.80 Å². The molecule has 2 bridgehead atoms. The highest BCUT2D eigenvalue weighted by Gasteiger charge is 2.75. The molecule has 3 fully saturated rings. The van der Waals surface area contributed by atoms with Gasteiger partial charge in [-0.05, 0) is 43.5 Å². The van der Waals surface area contributed by atoms with Gasteiger partial charge in [0.25, 0.3) is 5.91 Å². The number of nitrogens with zero attached hydrogens (tertiary/aromatic N) is 2. The maximum absolute atomic E-state index is 14.1. The molecule has 2 N–H and O–H groups in total. The van der Waals surface area contributed by atoms with Crippen LogP contribution >= 0.6 is 0 Å². The molecule has 2 amide bonds. The fraction of sp³-hybridized carbons (Fsp3) is 0.542. The first kappa shape index (κ1) is 23.3. The van der Waals surface area contributed by atoms with Crippen molar-refractivity contribution in [3.05, 3.63) is 36.9 Å². The molecule has 0 aromatic heterocycles. The molecule has 2 unspecified atom stereocenters. The predicted molar refractivity (Wildman–Crippen MR) is 119 cm³/mol. The van der Waals surface area contributed by atoms with Crippen LogP contribution in [-0.4, -0.2) is 76.9 Å². The number of ether oxygens (including phenoxy) is 2. The fourth-order valence-corrected chi connectivity index (χ4v) is 5.82. The minimum atomic E-state index is -1.23. The quantitative estimate of drug-likeness (QED) is 0.538. The van der Waals surface area contributed by atoms with Crippen LogP contribution in [0.25, 0.3) is 0 Å². The van der Waals surface area contributed by atoms with Crippen LogP contribution in [0.3, 0.4) is 0 Å². The Bertz CT molecular complexity index is 945. The molecule has 3 saturated heterocycles. The Morgan fingerprint density at radius 1 is 1.39 bits per heavy atom. The van der Waals surface area contributed by atoms with Crippen molar-refractivity contribution in [2.75, 3.05) is 25.2 Å². The number of rotatable bonds is 9. The number of aliphatic hydroxyl groups excluding tert-OH is 1. The number of methoxy groups -OCH3 is 1. The average Bonchev–Trinajstić information content (AvgIpc) is 3.46. The van der Waals surface area contributed by atoms with Gasteiger partial charge in [0.15, 0.2) is 0 Å². The molecule has 1 aromatic carbocycles. The Kier molecular flexibility index (Phi) is 6.20. The van der Waals surface area contributed by atoms with Crippen LogP contribution in [0.4, 0.5) is 5.69 Å². The van der Waals surface area contributed by atoms with Crippen LogP contribution in [0.1, 0.15) is 26.2 Å². The van der Waals surface area contributed by atoms with Gasteiger partial charge >= 0.3 is 5.97 Å². The first-order chi connectivity index (χ1) is 15.8. The Morgan fingerprint density at radius 2 is 2.09 bits per heavy atom. The van der Waals surface area contributed by atoms with Crippen molar-refractivity contribution in [3.8, 4) is 5.75 Å². The molecule has 6 atom stereocenters. The Labute approximate surface area is 192 Å². The van der Waals surface area contributed by atoms with Gasteiger partial charge in [-0.15, -0.1) is 6.58 Å². The van der Waals surface area contributed by atoms with Crippen LogP contribution in [0.2, 0.25) is 0 Å². The number of hydrogen-bond donors (Lipinski definition) is 2. The number of carbonyl (C=O) groups excluding carboxylic acids is 2. The Hall–Kier alpha value is -2.91. The molecule has 1 aromatic rings. The van der Waals surface area contributed by atoms with E-state index in [1.54, 1.807) is 37.5 Å². The lowest BCUT2D eigenvalue weighted by Crippen LogP contribution is -2.59. The number of likely N-dealkylation sites (tertiary alicyclic amines) is 1. The average molecular weight is 459 g/mol. The summed E-state index contributed by atoms with van der Waals surface area (Å²) in [5.41, 5.74) is -0.636. The van der Waals surface area contributed by atoms with Crippen LogP contribution in [-0.2, 0) is 19.1 Å². The number of fused-ring (bicyclic) bond motifs is 1. The molecule has 9 heteroatoms. The van der Waals surface area contributed by atoms with E-state index < -0.39 is 47.5 Å². The summed E-state index contributed by atoms with van der Waals surface area (Å²) in [7, 11) is 1.55. The molecule has 3 aliphatic rings. The standard InChI is InChI=1S/C24H30N2O7/c1-4-12-25(15-6-8-16(32-3)9-7-15)22(29)20-24-11-10-17(33-24)18(23(30)31)19(24)21(28)26(20)14(5-2)13-27/h4,6-9,14,17-20,27H,1,5,10-13H2,2-3H3,(H,30,31)/t14-,17-,18+,19-,20?,24?/m0/s1. The summed E-state index contributed by atoms with van der Waals surface area (Å²) >= 11 is 0. The monoisotopic (exact) mass is 458 g/mol. The Morgan fingerprint density at radius 3 is 2.64 bits per heavy atom. The summed E-state index contributed by atoms with van der Waals surface area (Å²) in [5.74, 6) is -3.23. The first-order valence-corrected chi connectivity index (χ1v) is 11.2. The van der Waals surface area contributed by atoms with Gasteiger partial charge in [-0.2, -0.15) is 0 Å². The summed E-state index contributed by atoms with van der Waals surface area (Å²) in [6.45, 7) is 5.44. The third-order valence-electron chi connectivity index (χ3n) is 7.29. The highest BCUT2D eigenvalue weighted by Crippen LogP contribution is 2.59. The highest BCUT2D eigenvalue weighted by atomic mass is 16.5. The number of carbonyl (C=O) groups is 3. The number of carboxylic acids is 1. The number of amides is 2. The second-order valence-corrected chi connectivity index (χ2v) is 8.82. The van der Waals surface area contributed by atoms with Crippen molar-refractivity contribution < 1.29 is 34.1 Å². The third-order valence-corrected chi connectivity index (χ3v) is 7.29. The zero-order chi connectivity index (χ0) is 23.9. The molecule has 9 nitrogen and oxygen atoms in total. The summed E-state index contributed by atoms with van der Waals surface area (Å²) < 4.78 is 11.4. The minimum Gasteiger partial charge on any atom is -0.497 e. The van der Waals surface area contributed by atoms with E-state index in [4.69, 9.17) is 9.47 Å². The molecule has 0 radical (unpaired) electrons. The van der Waals surface area contributed by atoms with Crippen molar-refractivity contribution in [2.24, 2.45) is 11.8 Å². The van der Waals surface area contributed by atoms with Crippen molar-refractivity contribution in [3.63, 3.8) is 0 Å². The largest absolute Gasteiger partial charge is 0.497 e. The SMILES string of the molecule is C=CCN(C(=O)C1N([C@@H](CC)CO)C(=O)[C@@H]2[C@H](C(=O)O)[C@@H]3CCC12O3)c1ccc(OC)cc1. The highest BCUT2D eigenvalue weighted by molar-refractivity contribution is 6.04. The topological polar surface area (TPSA) is 117 Å². The Balaban J connectivity index is 1.80. The van der Waals surface area contributed by atoms with Gasteiger partial charge in [-0.3, -0.25) is 14.4 Å². The van der Waals surface area contributed by atoms with Crippen LogP contribution < -0.4 is 9.64 Å². The predicted octanol–water partition coefficient (Wildman–Crippen LogP) is 1.44. The van der Waals surface area contributed by atoms with E-state index in [0.717, 1.165) is 0 Å². The van der Waals surface area contributed by atoms with Crippen LogP contribution in [0, 0.1) is 11.8 Å². The molecular formula is C24H30N2O7. The van der Waals surface area contributed by atoms with Gasteiger partial charge < -0.3 is 29.5 Å². The molecular weight excluding hydrogens is 428 g/mol. The third kappa shape index (κ3) is 3.41. The lowest BCUT2D eigenvalue weighted by atomic mass is 9.70. The van der Waals surface area contributed by atoms with Crippen molar-refractivity contribution >= 4 is 23.5 Å². The van der Waals surface area contributed by atoms with E-state index in [2.05, 4.69) is 6.58 Å². The maximum atomic E-state index is 14.1. The number of carboxylic acid groups (broad SMARTS) is 1. The molecule has 0 saturated carbocycles. The molecule has 4 rings (SSSR count). The summed E-state index contributed by atoms with van der Waals surface area (Å²) in [6.07, 6.45) is 2.29. The second kappa shape index (κ2) is 8.79. The molecule has 3 heterocycles.